The van der Waals surface area contributed by atoms with Gasteiger partial charge in [0.05, 0.1) is 11.6 Å². The number of amides is 1. The van der Waals surface area contributed by atoms with Crippen molar-refractivity contribution in [2.45, 2.75) is 25.8 Å². The third-order valence-corrected chi connectivity index (χ3v) is 5.17. The fourth-order valence-corrected chi connectivity index (χ4v) is 3.70. The van der Waals surface area contributed by atoms with Gasteiger partial charge in [0.2, 0.25) is 0 Å². The van der Waals surface area contributed by atoms with E-state index in [4.69, 9.17) is 16.3 Å². The molecule has 0 aliphatic carbocycles. The predicted octanol–water partition coefficient (Wildman–Crippen LogP) is 5.13. The average Bonchev–Trinajstić information content (AvgIpc) is 3.00. The molecular formula is C24H24ClNO4. The van der Waals surface area contributed by atoms with Gasteiger partial charge in [-0.05, 0) is 36.2 Å². The molecule has 0 radical (unpaired) electrons. The lowest BCUT2D eigenvalue weighted by atomic mass is 9.95. The van der Waals surface area contributed by atoms with Gasteiger partial charge >= 0.3 is 0 Å². The van der Waals surface area contributed by atoms with Gasteiger partial charge in [-0.2, -0.15) is 0 Å². The van der Waals surface area contributed by atoms with Crippen LogP contribution >= 0.6 is 11.6 Å². The fraction of sp³-hybridized carbons (Fsp3) is 0.250. The van der Waals surface area contributed by atoms with Gasteiger partial charge in [-0.15, -0.1) is 0 Å². The molecule has 1 aliphatic heterocycles. The SMILES string of the molecule is C=CCOc1cccc(C2/C(=C(/O)c3cccc(Cl)c3)C(=O)C(=O)N2CCCC)c1. The summed E-state index contributed by atoms with van der Waals surface area (Å²) in [7, 11) is 0. The summed E-state index contributed by atoms with van der Waals surface area (Å²) in [5.41, 5.74) is 1.13. The molecule has 1 saturated heterocycles. The summed E-state index contributed by atoms with van der Waals surface area (Å²) in [6, 6.07) is 13.1. The Hall–Kier alpha value is -3.05. The van der Waals surface area contributed by atoms with Gasteiger partial charge in [-0.3, -0.25) is 9.59 Å². The summed E-state index contributed by atoms with van der Waals surface area (Å²) < 4.78 is 5.62. The van der Waals surface area contributed by atoms with Crippen LogP contribution in [0.15, 0.2) is 66.8 Å². The molecule has 0 aromatic heterocycles. The second kappa shape index (κ2) is 9.63. The number of rotatable bonds is 8. The summed E-state index contributed by atoms with van der Waals surface area (Å²) in [6.45, 7) is 6.41. The fourth-order valence-electron chi connectivity index (χ4n) is 3.51. The number of carbonyl (C=O) groups excluding carboxylic acids is 2. The standard InChI is InChI=1S/C24H24ClNO4/c1-3-5-12-26-21(16-8-7-11-19(15-16)30-13-4-2)20(23(28)24(26)29)22(27)17-9-6-10-18(25)14-17/h4,6-11,14-15,21,27H,2-3,5,12-13H2,1H3/b22-20-. The smallest absolute Gasteiger partial charge is 0.295 e. The van der Waals surface area contributed by atoms with Gasteiger partial charge in [-0.1, -0.05) is 61.9 Å². The first-order valence-corrected chi connectivity index (χ1v) is 10.2. The van der Waals surface area contributed by atoms with E-state index in [1.807, 2.05) is 13.0 Å². The molecule has 1 heterocycles. The molecule has 6 heteroatoms. The molecule has 1 amide bonds. The molecule has 1 fully saturated rings. The molecule has 0 saturated carbocycles. The Labute approximate surface area is 181 Å². The lowest BCUT2D eigenvalue weighted by Crippen LogP contribution is -2.30. The van der Waals surface area contributed by atoms with Gasteiger partial charge in [0, 0.05) is 17.1 Å². The number of hydrogen-bond donors (Lipinski definition) is 1. The zero-order chi connectivity index (χ0) is 21.7. The summed E-state index contributed by atoms with van der Waals surface area (Å²) in [5.74, 6) is -0.964. The van der Waals surface area contributed by atoms with Crippen molar-refractivity contribution < 1.29 is 19.4 Å². The molecule has 30 heavy (non-hydrogen) atoms. The second-order valence-corrected chi connectivity index (χ2v) is 7.46. The minimum absolute atomic E-state index is 0.0549. The van der Waals surface area contributed by atoms with E-state index in [1.54, 1.807) is 48.5 Å². The van der Waals surface area contributed by atoms with E-state index >= 15 is 0 Å². The number of carbonyl (C=O) groups is 2. The molecule has 1 N–H and O–H groups in total. The van der Waals surface area contributed by atoms with Crippen molar-refractivity contribution >= 4 is 29.1 Å². The van der Waals surface area contributed by atoms with Crippen molar-refractivity contribution in [3.8, 4) is 5.75 Å². The van der Waals surface area contributed by atoms with Crippen molar-refractivity contribution in [2.75, 3.05) is 13.2 Å². The van der Waals surface area contributed by atoms with E-state index in [-0.39, 0.29) is 11.3 Å². The summed E-state index contributed by atoms with van der Waals surface area (Å²) >= 11 is 6.06. The summed E-state index contributed by atoms with van der Waals surface area (Å²) in [5, 5.41) is 11.4. The first kappa shape index (κ1) is 21.7. The first-order chi connectivity index (χ1) is 14.5. The molecule has 156 valence electrons. The first-order valence-electron chi connectivity index (χ1n) is 9.86. The van der Waals surface area contributed by atoms with Crippen LogP contribution in [0.1, 0.15) is 36.9 Å². The van der Waals surface area contributed by atoms with Crippen molar-refractivity contribution in [3.05, 3.63) is 82.9 Å². The topological polar surface area (TPSA) is 66.8 Å². The van der Waals surface area contributed by atoms with Crippen molar-refractivity contribution in [2.24, 2.45) is 0 Å². The maximum absolute atomic E-state index is 12.9. The largest absolute Gasteiger partial charge is 0.507 e. The Bertz CT molecular complexity index is 998. The zero-order valence-electron chi connectivity index (χ0n) is 16.8. The molecular weight excluding hydrogens is 402 g/mol. The van der Waals surface area contributed by atoms with E-state index < -0.39 is 17.7 Å². The molecule has 5 nitrogen and oxygen atoms in total. The number of nitrogens with zero attached hydrogens (tertiary/aromatic N) is 1. The summed E-state index contributed by atoms with van der Waals surface area (Å²) in [4.78, 5) is 27.3. The molecule has 1 atom stereocenters. The Morgan fingerprint density at radius 3 is 2.70 bits per heavy atom. The number of ketones is 1. The Balaban J connectivity index is 2.14. The van der Waals surface area contributed by atoms with E-state index in [9.17, 15) is 14.7 Å². The van der Waals surface area contributed by atoms with Crippen LogP contribution < -0.4 is 4.74 Å². The highest BCUT2D eigenvalue weighted by Crippen LogP contribution is 2.40. The number of ether oxygens (including phenoxy) is 1. The number of hydrogen-bond acceptors (Lipinski definition) is 4. The normalized spacial score (nSPS) is 17.9. The maximum atomic E-state index is 12.9. The lowest BCUT2D eigenvalue weighted by Gasteiger charge is -2.25. The Kier molecular flexibility index (Phi) is 6.95. The van der Waals surface area contributed by atoms with Crippen LogP contribution in [0.25, 0.3) is 5.76 Å². The number of aliphatic hydroxyl groups excluding tert-OH is 1. The van der Waals surface area contributed by atoms with Crippen molar-refractivity contribution in [1.29, 1.82) is 0 Å². The second-order valence-electron chi connectivity index (χ2n) is 7.03. The van der Waals surface area contributed by atoms with Crippen LogP contribution in [-0.2, 0) is 9.59 Å². The van der Waals surface area contributed by atoms with E-state index in [2.05, 4.69) is 6.58 Å². The van der Waals surface area contributed by atoms with Crippen molar-refractivity contribution in [3.63, 3.8) is 0 Å². The van der Waals surface area contributed by atoms with Gasteiger partial charge in [0.25, 0.3) is 11.7 Å². The van der Waals surface area contributed by atoms with Crippen molar-refractivity contribution in [1.82, 2.24) is 4.90 Å². The van der Waals surface area contributed by atoms with E-state index in [1.165, 1.54) is 4.90 Å². The van der Waals surface area contributed by atoms with Gasteiger partial charge in [-0.25, -0.2) is 0 Å². The highest BCUT2D eigenvalue weighted by atomic mass is 35.5. The number of Topliss-reactive ketones (excluding diaryl/α,β-unsaturated/α-hetero) is 1. The number of unbranched alkanes of at least 4 members (excludes halogenated alkanes) is 1. The number of halogens is 1. The number of aliphatic hydroxyl groups is 1. The van der Waals surface area contributed by atoms with Crippen LogP contribution in [0.3, 0.4) is 0 Å². The third kappa shape index (κ3) is 4.41. The van der Waals surface area contributed by atoms with Crippen LogP contribution in [0, 0.1) is 0 Å². The third-order valence-electron chi connectivity index (χ3n) is 4.93. The van der Waals surface area contributed by atoms with Gasteiger partial charge < -0.3 is 14.7 Å². The highest BCUT2D eigenvalue weighted by molar-refractivity contribution is 6.46. The van der Waals surface area contributed by atoms with Gasteiger partial charge in [0.15, 0.2) is 0 Å². The number of likely N-dealkylation sites (tertiary alicyclic amines) is 1. The molecule has 1 aliphatic rings. The molecule has 2 aromatic carbocycles. The number of benzene rings is 2. The van der Waals surface area contributed by atoms with E-state index in [0.29, 0.717) is 35.1 Å². The molecule has 0 bridgehead atoms. The molecule has 3 rings (SSSR count). The minimum atomic E-state index is -0.706. The molecule has 1 unspecified atom stereocenters. The average molecular weight is 426 g/mol. The predicted molar refractivity (Wildman–Crippen MR) is 118 cm³/mol. The van der Waals surface area contributed by atoms with Crippen LogP contribution in [0.4, 0.5) is 0 Å². The van der Waals surface area contributed by atoms with Crippen LogP contribution in [-0.4, -0.2) is 34.8 Å². The monoisotopic (exact) mass is 425 g/mol. The maximum Gasteiger partial charge on any atom is 0.295 e. The molecule has 2 aromatic rings. The van der Waals surface area contributed by atoms with Crippen LogP contribution in [0.5, 0.6) is 5.75 Å². The highest BCUT2D eigenvalue weighted by Gasteiger charge is 2.45. The summed E-state index contributed by atoms with van der Waals surface area (Å²) in [6.07, 6.45) is 3.25. The zero-order valence-corrected chi connectivity index (χ0v) is 17.6. The van der Waals surface area contributed by atoms with E-state index in [0.717, 1.165) is 12.8 Å². The van der Waals surface area contributed by atoms with Gasteiger partial charge in [0.1, 0.15) is 18.1 Å². The lowest BCUT2D eigenvalue weighted by molar-refractivity contribution is -0.139. The van der Waals surface area contributed by atoms with Crippen LogP contribution in [0.2, 0.25) is 5.02 Å². The Morgan fingerprint density at radius 2 is 2.00 bits per heavy atom. The Morgan fingerprint density at radius 1 is 1.23 bits per heavy atom. The minimum Gasteiger partial charge on any atom is -0.507 e. The quantitative estimate of drug-likeness (QED) is 0.275. The molecule has 0 spiro atoms.